The van der Waals surface area contributed by atoms with Crippen LogP contribution >= 0.6 is 0 Å². The number of aromatic nitrogens is 4. The number of carbonyl (C=O) groups excluding carboxylic acids is 2. The van der Waals surface area contributed by atoms with Crippen LogP contribution in [0.25, 0.3) is 33.4 Å². The summed E-state index contributed by atoms with van der Waals surface area (Å²) in [7, 11) is 3.37. The number of hydrogen-bond acceptors (Lipinski definition) is 7. The predicted octanol–water partition coefficient (Wildman–Crippen LogP) is 3.15. The second-order valence-corrected chi connectivity index (χ2v) is 7.31. The predicted molar refractivity (Wildman–Crippen MR) is 121 cm³/mol. The van der Waals surface area contributed by atoms with Gasteiger partial charge in [-0.15, -0.1) is 0 Å². The van der Waals surface area contributed by atoms with Crippen LogP contribution in [0.1, 0.15) is 27.8 Å². The Balaban J connectivity index is 1.75. The van der Waals surface area contributed by atoms with Crippen molar-refractivity contribution in [3.8, 4) is 22.4 Å². The molecule has 0 unspecified atom stereocenters. The Morgan fingerprint density at radius 3 is 2.56 bits per heavy atom. The highest BCUT2D eigenvalue weighted by molar-refractivity contribution is 6.00. The quantitative estimate of drug-likeness (QED) is 0.466. The lowest BCUT2D eigenvalue weighted by Gasteiger charge is -2.11. The molecule has 9 nitrogen and oxygen atoms in total. The number of amides is 1. The lowest BCUT2D eigenvalue weighted by Crippen LogP contribution is -2.21. The van der Waals surface area contributed by atoms with E-state index in [2.05, 4.69) is 19.9 Å². The Labute approximate surface area is 184 Å². The molecule has 4 aromatic rings. The first-order chi connectivity index (χ1) is 15.4. The minimum absolute atomic E-state index is 0.132. The number of esters is 1. The summed E-state index contributed by atoms with van der Waals surface area (Å²) in [5, 5.41) is 0.757. The lowest BCUT2D eigenvalue weighted by molar-refractivity contribution is 0.0520. The molecule has 4 aromatic heterocycles. The zero-order valence-corrected chi connectivity index (χ0v) is 17.9. The number of H-pyrrole nitrogens is 1. The largest absolute Gasteiger partial charge is 0.461 e. The maximum absolute atomic E-state index is 12.1. The van der Waals surface area contributed by atoms with Crippen LogP contribution < -0.4 is 5.73 Å². The minimum Gasteiger partial charge on any atom is -0.461 e. The maximum atomic E-state index is 12.1. The summed E-state index contributed by atoms with van der Waals surface area (Å²) in [4.78, 5) is 41.8. The molecule has 9 heteroatoms. The molecule has 162 valence electrons. The first kappa shape index (κ1) is 21.0. The van der Waals surface area contributed by atoms with Gasteiger partial charge in [-0.2, -0.15) is 0 Å². The number of hydrogen-bond donors (Lipinski definition) is 2. The normalized spacial score (nSPS) is 10.8. The Morgan fingerprint density at radius 1 is 1.06 bits per heavy atom. The van der Waals surface area contributed by atoms with Crippen molar-refractivity contribution in [2.24, 2.45) is 0 Å². The zero-order chi connectivity index (χ0) is 22.8. The van der Waals surface area contributed by atoms with Gasteiger partial charge in [0.25, 0.3) is 5.91 Å². The van der Waals surface area contributed by atoms with Crippen LogP contribution in [-0.2, 0) is 4.74 Å². The van der Waals surface area contributed by atoms with E-state index in [4.69, 9.17) is 10.5 Å². The van der Waals surface area contributed by atoms with Gasteiger partial charge in [0, 0.05) is 49.2 Å². The van der Waals surface area contributed by atoms with Crippen molar-refractivity contribution in [2.75, 3.05) is 26.4 Å². The Bertz CT molecular complexity index is 1310. The molecule has 1 amide bonds. The van der Waals surface area contributed by atoms with Crippen LogP contribution in [0.15, 0.2) is 48.9 Å². The van der Waals surface area contributed by atoms with Gasteiger partial charge in [-0.05, 0) is 42.8 Å². The highest BCUT2D eigenvalue weighted by Crippen LogP contribution is 2.32. The molecule has 0 spiro atoms. The van der Waals surface area contributed by atoms with E-state index < -0.39 is 5.97 Å². The van der Waals surface area contributed by atoms with Crippen LogP contribution in [0.2, 0.25) is 0 Å². The molecule has 0 atom stereocenters. The molecule has 32 heavy (non-hydrogen) atoms. The van der Waals surface area contributed by atoms with Crippen molar-refractivity contribution in [1.29, 1.82) is 0 Å². The Morgan fingerprint density at radius 2 is 1.88 bits per heavy atom. The number of nitrogens with one attached hydrogen (secondary N) is 1. The topological polar surface area (TPSA) is 127 Å². The van der Waals surface area contributed by atoms with Crippen LogP contribution in [0.5, 0.6) is 0 Å². The first-order valence-corrected chi connectivity index (χ1v) is 9.98. The molecule has 0 saturated heterocycles. The Kier molecular flexibility index (Phi) is 5.55. The summed E-state index contributed by atoms with van der Waals surface area (Å²) in [5.74, 6) is -0.253. The van der Waals surface area contributed by atoms with Crippen molar-refractivity contribution in [3.05, 3.63) is 60.2 Å². The molecule has 0 saturated carbocycles. The van der Waals surface area contributed by atoms with Gasteiger partial charge in [0.2, 0.25) is 0 Å². The Hall–Kier alpha value is -4.27. The standard InChI is InChI=1S/C23H22N6O3/c1-4-32-23(31)19-10-16-15(7-8-25-21(16)28-19)14-9-17(20(24)27-12-14)18-6-5-13(11-26-18)22(30)29(2)3/h5-12H,4H2,1-3H3,(H2,24,27)(H,25,28). The van der Waals surface area contributed by atoms with Gasteiger partial charge in [0.05, 0.1) is 17.9 Å². The van der Waals surface area contributed by atoms with Crippen LogP contribution in [0, 0.1) is 0 Å². The molecular formula is C23H22N6O3. The SMILES string of the molecule is CCOC(=O)c1cc2c(-c3cnc(N)c(-c4ccc(C(=O)N(C)C)cn4)c3)ccnc2[nH]1. The molecule has 0 aliphatic carbocycles. The fourth-order valence-electron chi connectivity index (χ4n) is 3.36. The number of fused-ring (bicyclic) bond motifs is 1. The highest BCUT2D eigenvalue weighted by atomic mass is 16.5. The van der Waals surface area contributed by atoms with Crippen molar-refractivity contribution in [1.82, 2.24) is 24.8 Å². The van der Waals surface area contributed by atoms with Crippen molar-refractivity contribution < 1.29 is 14.3 Å². The van der Waals surface area contributed by atoms with E-state index in [1.54, 1.807) is 51.6 Å². The molecule has 3 N–H and O–H groups in total. The number of aromatic amines is 1. The fourth-order valence-corrected chi connectivity index (χ4v) is 3.36. The zero-order valence-electron chi connectivity index (χ0n) is 17.9. The summed E-state index contributed by atoms with van der Waals surface area (Å²) in [5.41, 5.74) is 10.3. The van der Waals surface area contributed by atoms with Crippen LogP contribution in [0.3, 0.4) is 0 Å². The summed E-state index contributed by atoms with van der Waals surface area (Å²) in [6, 6.07) is 8.88. The summed E-state index contributed by atoms with van der Waals surface area (Å²) in [6.07, 6.45) is 4.83. The lowest BCUT2D eigenvalue weighted by atomic mass is 10.0. The molecule has 0 aliphatic heterocycles. The van der Waals surface area contributed by atoms with Gasteiger partial charge in [0.15, 0.2) is 0 Å². The van der Waals surface area contributed by atoms with Crippen molar-refractivity contribution in [3.63, 3.8) is 0 Å². The monoisotopic (exact) mass is 430 g/mol. The number of pyridine rings is 3. The van der Waals surface area contributed by atoms with E-state index >= 15 is 0 Å². The van der Waals surface area contributed by atoms with E-state index in [-0.39, 0.29) is 12.5 Å². The fraction of sp³-hybridized carbons (Fsp3) is 0.174. The average Bonchev–Trinajstić information content (AvgIpc) is 3.24. The molecule has 0 fully saturated rings. The number of nitrogens with two attached hydrogens (primary N) is 1. The first-order valence-electron chi connectivity index (χ1n) is 9.98. The summed E-state index contributed by atoms with van der Waals surface area (Å²) >= 11 is 0. The van der Waals surface area contributed by atoms with Crippen molar-refractivity contribution in [2.45, 2.75) is 6.92 Å². The van der Waals surface area contributed by atoms with E-state index in [9.17, 15) is 9.59 Å². The summed E-state index contributed by atoms with van der Waals surface area (Å²) in [6.45, 7) is 2.04. The molecule has 0 aliphatic rings. The molecule has 0 radical (unpaired) electrons. The molecule has 0 aromatic carbocycles. The van der Waals surface area contributed by atoms with E-state index in [0.29, 0.717) is 34.0 Å². The minimum atomic E-state index is -0.441. The number of nitrogen functional groups attached to an aromatic ring is 1. The van der Waals surface area contributed by atoms with Gasteiger partial charge in [-0.3, -0.25) is 9.78 Å². The van der Waals surface area contributed by atoms with Gasteiger partial charge < -0.3 is 20.4 Å². The third-order valence-corrected chi connectivity index (χ3v) is 4.95. The highest BCUT2D eigenvalue weighted by Gasteiger charge is 2.16. The average molecular weight is 430 g/mol. The van der Waals surface area contributed by atoms with Gasteiger partial charge in [-0.25, -0.2) is 14.8 Å². The third kappa shape index (κ3) is 3.87. The number of carbonyl (C=O) groups is 2. The van der Waals surface area contributed by atoms with E-state index in [1.165, 1.54) is 11.1 Å². The van der Waals surface area contributed by atoms with Gasteiger partial charge in [0.1, 0.15) is 17.2 Å². The van der Waals surface area contributed by atoms with Crippen molar-refractivity contribution >= 4 is 28.7 Å². The maximum Gasteiger partial charge on any atom is 0.354 e. The van der Waals surface area contributed by atoms with E-state index in [0.717, 1.165) is 16.5 Å². The number of ether oxygens (including phenoxy) is 1. The molecule has 0 bridgehead atoms. The summed E-state index contributed by atoms with van der Waals surface area (Å²) < 4.78 is 5.07. The smallest absolute Gasteiger partial charge is 0.354 e. The number of rotatable bonds is 5. The number of anilines is 1. The molecule has 4 rings (SSSR count). The van der Waals surface area contributed by atoms with Gasteiger partial charge in [-0.1, -0.05) is 0 Å². The van der Waals surface area contributed by atoms with Crippen LogP contribution in [0.4, 0.5) is 5.82 Å². The molecule has 4 heterocycles. The third-order valence-electron chi connectivity index (χ3n) is 4.95. The van der Waals surface area contributed by atoms with Gasteiger partial charge >= 0.3 is 5.97 Å². The number of nitrogens with zero attached hydrogens (tertiary/aromatic N) is 4. The second kappa shape index (κ2) is 8.46. The van der Waals surface area contributed by atoms with Crippen LogP contribution in [-0.4, -0.2) is 57.4 Å². The van der Waals surface area contributed by atoms with E-state index in [1.807, 2.05) is 12.1 Å². The molecular weight excluding hydrogens is 408 g/mol. The second-order valence-electron chi connectivity index (χ2n) is 7.31.